The van der Waals surface area contributed by atoms with E-state index in [0.717, 1.165) is 5.69 Å². The number of aromatic amines is 1. The van der Waals surface area contributed by atoms with Crippen molar-refractivity contribution in [3.05, 3.63) is 24.3 Å². The van der Waals surface area contributed by atoms with Crippen LogP contribution in [0, 0.1) is 6.92 Å². The number of halogens is 1. The molecule has 0 spiro atoms. The van der Waals surface area contributed by atoms with Crippen molar-refractivity contribution in [1.82, 2.24) is 4.98 Å². The molecule has 0 unspecified atom stereocenters. The topological polar surface area (TPSA) is 27.0 Å². The Bertz CT molecular complexity index is 140. The zero-order chi connectivity index (χ0) is 5.11. The van der Waals surface area contributed by atoms with Crippen LogP contribution < -0.4 is 29.0 Å². The highest BCUT2D eigenvalue weighted by atomic mass is 127. The van der Waals surface area contributed by atoms with Crippen molar-refractivity contribution < 1.29 is 29.0 Å². The predicted octanol–water partition coefficient (Wildman–Crippen LogP) is -2.79. The molecule has 0 aliphatic rings. The van der Waals surface area contributed by atoms with E-state index in [2.05, 4.69) is 9.97 Å². The molecule has 2 nitrogen and oxygen atoms in total. The van der Waals surface area contributed by atoms with Crippen molar-refractivity contribution in [3.63, 3.8) is 0 Å². The summed E-state index contributed by atoms with van der Waals surface area (Å²) in [4.78, 5) is 6.71. The molecular weight excluding hydrogens is 215 g/mol. The number of nitrogens with one attached hydrogen (secondary N) is 1. The van der Waals surface area contributed by atoms with Crippen LogP contribution >= 0.6 is 0 Å². The van der Waals surface area contributed by atoms with Crippen molar-refractivity contribution in [2.75, 3.05) is 0 Å². The van der Waals surface area contributed by atoms with E-state index < -0.39 is 0 Å². The van der Waals surface area contributed by atoms with Crippen molar-refractivity contribution >= 4 is 0 Å². The summed E-state index contributed by atoms with van der Waals surface area (Å²) in [5.74, 6) is 0. The summed E-state index contributed by atoms with van der Waals surface area (Å²) < 4.78 is 0. The molecule has 0 atom stereocenters. The Kier molecular flexibility index (Phi) is 3.68. The Morgan fingerprint density at radius 1 is 1.62 bits per heavy atom. The number of hydrogen-bond acceptors (Lipinski definition) is 1. The molecule has 0 aliphatic heterocycles. The van der Waals surface area contributed by atoms with E-state index in [0.29, 0.717) is 0 Å². The van der Waals surface area contributed by atoms with Gasteiger partial charge in [0.15, 0.2) is 0 Å². The molecule has 1 heterocycles. The van der Waals surface area contributed by atoms with E-state index in [-0.39, 0.29) is 24.0 Å². The third-order valence-corrected chi connectivity index (χ3v) is 0.777. The van der Waals surface area contributed by atoms with Crippen LogP contribution in [0.25, 0.3) is 0 Å². The first-order valence-corrected chi connectivity index (χ1v) is 2.18. The van der Waals surface area contributed by atoms with Gasteiger partial charge in [-0.25, -0.2) is 4.98 Å². The highest BCUT2D eigenvalue weighted by Crippen LogP contribution is 1.76. The lowest BCUT2D eigenvalue weighted by molar-refractivity contribution is -0.392. The zero-order valence-electron chi connectivity index (χ0n) is 4.56. The molecule has 8 heavy (non-hydrogen) atoms. The highest BCUT2D eigenvalue weighted by Gasteiger charge is 1.81. The summed E-state index contributed by atoms with van der Waals surface area (Å²) in [5, 5.41) is 0. The van der Waals surface area contributed by atoms with E-state index in [4.69, 9.17) is 0 Å². The quantitative estimate of drug-likeness (QED) is 0.436. The molecule has 3 heteroatoms. The fraction of sp³-hybridized carbons (Fsp3) is 0.200. The summed E-state index contributed by atoms with van der Waals surface area (Å²) in [6.07, 6.45) is 3.42. The summed E-state index contributed by atoms with van der Waals surface area (Å²) >= 11 is 0. The van der Waals surface area contributed by atoms with E-state index in [1.165, 1.54) is 0 Å². The first kappa shape index (κ1) is 7.81. The third kappa shape index (κ3) is 2.20. The van der Waals surface area contributed by atoms with Gasteiger partial charge in [-0.15, -0.1) is 0 Å². The largest absolute Gasteiger partial charge is 1.00 e. The van der Waals surface area contributed by atoms with Crippen molar-refractivity contribution in [1.29, 1.82) is 0 Å². The average molecular weight is 222 g/mol. The molecule has 0 saturated carbocycles. The standard InChI is InChI=1S/C5H6N2.HI/c1-5-2-3-6-4-7-5;/h2-4H,1H3;1H. The lowest BCUT2D eigenvalue weighted by atomic mass is 10.5. The van der Waals surface area contributed by atoms with Gasteiger partial charge in [-0.2, -0.15) is 0 Å². The van der Waals surface area contributed by atoms with Crippen LogP contribution in [-0.2, 0) is 0 Å². The second-order valence-corrected chi connectivity index (χ2v) is 1.42. The maximum absolute atomic E-state index is 3.79. The number of aryl methyl sites for hydroxylation is 1. The Labute approximate surface area is 65.4 Å². The lowest BCUT2D eigenvalue weighted by Crippen LogP contribution is -3.00. The molecule has 1 aromatic rings. The molecule has 0 radical (unpaired) electrons. The molecule has 1 rings (SSSR count). The smallest absolute Gasteiger partial charge is 0.284 e. The maximum Gasteiger partial charge on any atom is 0.284 e. The maximum atomic E-state index is 3.79. The molecular formula is C5H7IN2. The van der Waals surface area contributed by atoms with Crippen molar-refractivity contribution in [2.45, 2.75) is 6.92 Å². The number of rotatable bonds is 0. The summed E-state index contributed by atoms with van der Waals surface area (Å²) in [6, 6.07) is 1.92. The first-order valence-electron chi connectivity index (χ1n) is 2.18. The van der Waals surface area contributed by atoms with Crippen LogP contribution in [0.5, 0.6) is 0 Å². The van der Waals surface area contributed by atoms with E-state index in [1.54, 1.807) is 12.5 Å². The SMILES string of the molecule is Cc1ccnc[nH+]1.[I-]. The van der Waals surface area contributed by atoms with Crippen molar-refractivity contribution in [2.24, 2.45) is 0 Å². The van der Waals surface area contributed by atoms with Gasteiger partial charge in [0.1, 0.15) is 11.9 Å². The second kappa shape index (κ2) is 3.77. The third-order valence-electron chi connectivity index (χ3n) is 0.777. The van der Waals surface area contributed by atoms with Crippen molar-refractivity contribution in [3.8, 4) is 0 Å². The molecule has 0 aromatic carbocycles. The summed E-state index contributed by atoms with van der Waals surface area (Å²) in [5.41, 5.74) is 1.13. The summed E-state index contributed by atoms with van der Waals surface area (Å²) in [7, 11) is 0. The molecule has 1 N–H and O–H groups in total. The molecule has 0 saturated heterocycles. The van der Waals surface area contributed by atoms with Gasteiger partial charge >= 0.3 is 0 Å². The lowest BCUT2D eigenvalue weighted by Gasteiger charge is -1.74. The minimum atomic E-state index is 0. The molecule has 0 bridgehead atoms. The molecule has 0 fully saturated rings. The summed E-state index contributed by atoms with van der Waals surface area (Å²) in [6.45, 7) is 1.99. The Morgan fingerprint density at radius 2 is 2.38 bits per heavy atom. The Morgan fingerprint density at radius 3 is 2.62 bits per heavy atom. The zero-order valence-corrected chi connectivity index (χ0v) is 6.71. The highest BCUT2D eigenvalue weighted by molar-refractivity contribution is 4.84. The molecule has 44 valence electrons. The van der Waals surface area contributed by atoms with Crippen LogP contribution in [-0.4, -0.2) is 4.98 Å². The van der Waals surface area contributed by atoms with Crippen LogP contribution in [0.1, 0.15) is 5.69 Å². The minimum Gasteiger partial charge on any atom is -1.00 e. The van der Waals surface area contributed by atoms with E-state index in [9.17, 15) is 0 Å². The number of hydrogen-bond donors (Lipinski definition) is 0. The van der Waals surface area contributed by atoms with Crippen LogP contribution in [0.2, 0.25) is 0 Å². The molecule has 0 aliphatic carbocycles. The van der Waals surface area contributed by atoms with Crippen LogP contribution in [0.15, 0.2) is 18.6 Å². The van der Waals surface area contributed by atoms with Gasteiger partial charge < -0.3 is 24.0 Å². The van der Waals surface area contributed by atoms with Crippen LogP contribution in [0.3, 0.4) is 0 Å². The van der Waals surface area contributed by atoms with Gasteiger partial charge in [0.25, 0.3) is 6.33 Å². The fourth-order valence-electron chi connectivity index (χ4n) is 0.385. The second-order valence-electron chi connectivity index (χ2n) is 1.42. The van der Waals surface area contributed by atoms with Gasteiger partial charge in [0.05, 0.1) is 0 Å². The predicted molar refractivity (Wildman–Crippen MR) is 25.5 cm³/mol. The van der Waals surface area contributed by atoms with E-state index in [1.807, 2.05) is 13.0 Å². The average Bonchev–Trinajstić information content (AvgIpc) is 1.69. The first-order chi connectivity index (χ1) is 3.39. The number of aromatic nitrogens is 2. The monoisotopic (exact) mass is 222 g/mol. The molecule has 0 amide bonds. The van der Waals surface area contributed by atoms with Gasteiger partial charge in [-0.3, -0.25) is 0 Å². The van der Waals surface area contributed by atoms with Gasteiger partial charge in [-0.1, -0.05) is 4.98 Å². The minimum absolute atomic E-state index is 0. The fourth-order valence-corrected chi connectivity index (χ4v) is 0.385. The number of nitrogens with zero attached hydrogens (tertiary/aromatic N) is 1. The van der Waals surface area contributed by atoms with Gasteiger partial charge in [0.2, 0.25) is 0 Å². The number of H-pyrrole nitrogens is 1. The van der Waals surface area contributed by atoms with Gasteiger partial charge in [-0.05, 0) is 6.92 Å². The van der Waals surface area contributed by atoms with E-state index >= 15 is 0 Å². The Hall–Kier alpha value is -0.190. The van der Waals surface area contributed by atoms with Crippen LogP contribution in [0.4, 0.5) is 0 Å². The Balaban J connectivity index is 0.000000490. The normalized spacial score (nSPS) is 7.62. The molecule has 1 aromatic heterocycles. The van der Waals surface area contributed by atoms with Gasteiger partial charge in [0, 0.05) is 6.07 Å².